The van der Waals surface area contributed by atoms with E-state index in [1.807, 2.05) is 25.7 Å². The molecule has 1 fully saturated rings. The van der Waals surface area contributed by atoms with E-state index in [1.54, 1.807) is 0 Å². The highest BCUT2D eigenvalue weighted by Crippen LogP contribution is 2.27. The molecule has 0 aromatic heterocycles. The van der Waals surface area contributed by atoms with Crippen molar-refractivity contribution in [2.24, 2.45) is 17.1 Å². The van der Waals surface area contributed by atoms with Crippen LogP contribution in [0.3, 0.4) is 0 Å². The summed E-state index contributed by atoms with van der Waals surface area (Å²) in [5.41, 5.74) is 5.36. The molecule has 1 saturated heterocycles. The summed E-state index contributed by atoms with van der Waals surface area (Å²) in [6, 6.07) is 0.357. The van der Waals surface area contributed by atoms with Crippen molar-refractivity contribution in [3.63, 3.8) is 0 Å². The second-order valence-corrected chi connectivity index (χ2v) is 5.39. The smallest absolute Gasteiger partial charge is 0.228 e. The summed E-state index contributed by atoms with van der Waals surface area (Å²) in [4.78, 5) is 14.0. The highest BCUT2D eigenvalue weighted by atomic mass is 16.2. The van der Waals surface area contributed by atoms with E-state index in [9.17, 15) is 4.79 Å². The van der Waals surface area contributed by atoms with Gasteiger partial charge in [0.15, 0.2) is 0 Å². The quantitative estimate of drug-likeness (QED) is 0.689. The first-order valence-electron chi connectivity index (χ1n) is 5.37. The topological polar surface area (TPSA) is 46.3 Å². The van der Waals surface area contributed by atoms with Crippen LogP contribution in [0.25, 0.3) is 0 Å². The third-order valence-electron chi connectivity index (χ3n) is 2.90. The zero-order chi connectivity index (χ0) is 10.9. The largest absolute Gasteiger partial charge is 0.339 e. The lowest BCUT2D eigenvalue weighted by Crippen LogP contribution is -2.41. The van der Waals surface area contributed by atoms with Crippen molar-refractivity contribution in [1.82, 2.24) is 4.90 Å². The van der Waals surface area contributed by atoms with Gasteiger partial charge in [-0.1, -0.05) is 20.8 Å². The highest BCUT2D eigenvalue weighted by Gasteiger charge is 2.36. The van der Waals surface area contributed by atoms with Crippen LogP contribution in [0.15, 0.2) is 0 Å². The molecule has 0 radical (unpaired) electrons. The summed E-state index contributed by atoms with van der Waals surface area (Å²) < 4.78 is 0. The molecule has 2 unspecified atom stereocenters. The van der Waals surface area contributed by atoms with Crippen molar-refractivity contribution in [3.8, 4) is 0 Å². The molecule has 2 N–H and O–H groups in total. The summed E-state index contributed by atoms with van der Waals surface area (Å²) in [6.45, 7) is 9.55. The van der Waals surface area contributed by atoms with Gasteiger partial charge in [0.2, 0.25) is 5.91 Å². The average molecular weight is 198 g/mol. The molecule has 0 saturated carbocycles. The van der Waals surface area contributed by atoms with E-state index >= 15 is 0 Å². The molecule has 1 rings (SSSR count). The maximum Gasteiger partial charge on any atom is 0.228 e. The first-order chi connectivity index (χ1) is 6.36. The van der Waals surface area contributed by atoms with Crippen molar-refractivity contribution in [2.45, 2.75) is 40.2 Å². The van der Waals surface area contributed by atoms with Crippen LogP contribution in [0.2, 0.25) is 0 Å². The molecular weight excluding hydrogens is 176 g/mol. The molecule has 0 spiro atoms. The third kappa shape index (κ3) is 2.27. The number of likely N-dealkylation sites (tertiary alicyclic amines) is 1. The average Bonchev–Trinajstić information content (AvgIpc) is 2.43. The summed E-state index contributed by atoms with van der Waals surface area (Å²) in [7, 11) is 0. The monoisotopic (exact) mass is 198 g/mol. The lowest BCUT2D eigenvalue weighted by atomic mass is 9.94. The molecule has 1 aliphatic heterocycles. The number of rotatable bonds is 1. The van der Waals surface area contributed by atoms with Gasteiger partial charge in [0.05, 0.1) is 0 Å². The van der Waals surface area contributed by atoms with Gasteiger partial charge < -0.3 is 10.6 Å². The Morgan fingerprint density at radius 1 is 1.50 bits per heavy atom. The lowest BCUT2D eigenvalue weighted by Gasteiger charge is -2.29. The maximum atomic E-state index is 12.0. The summed E-state index contributed by atoms with van der Waals surface area (Å²) >= 11 is 0. The third-order valence-corrected chi connectivity index (χ3v) is 2.90. The predicted octanol–water partition coefficient (Wildman–Crippen LogP) is 1.23. The van der Waals surface area contributed by atoms with Gasteiger partial charge in [-0.15, -0.1) is 0 Å². The molecule has 0 aromatic rings. The summed E-state index contributed by atoms with van der Waals surface area (Å²) in [6.07, 6.45) is 1.05. The second-order valence-electron chi connectivity index (χ2n) is 5.39. The van der Waals surface area contributed by atoms with Gasteiger partial charge in [-0.05, 0) is 25.8 Å². The fourth-order valence-corrected chi connectivity index (χ4v) is 2.03. The molecule has 0 aliphatic carbocycles. The molecule has 1 heterocycles. The Bertz CT molecular complexity index is 220. The van der Waals surface area contributed by atoms with Gasteiger partial charge in [0, 0.05) is 18.0 Å². The van der Waals surface area contributed by atoms with Gasteiger partial charge in [-0.2, -0.15) is 0 Å². The fourth-order valence-electron chi connectivity index (χ4n) is 2.03. The van der Waals surface area contributed by atoms with Crippen LogP contribution in [0.4, 0.5) is 0 Å². The molecule has 82 valence electrons. The van der Waals surface area contributed by atoms with Gasteiger partial charge in [0.25, 0.3) is 0 Å². The first-order valence-corrected chi connectivity index (χ1v) is 5.37. The molecule has 0 aromatic carbocycles. The summed E-state index contributed by atoms with van der Waals surface area (Å²) in [5, 5.41) is 0. The first kappa shape index (κ1) is 11.5. The zero-order valence-electron chi connectivity index (χ0n) is 9.71. The summed E-state index contributed by atoms with van der Waals surface area (Å²) in [5.74, 6) is 0.747. The Balaban J connectivity index is 2.66. The number of nitrogens with two attached hydrogens (primary N) is 1. The predicted molar refractivity (Wildman–Crippen MR) is 57.8 cm³/mol. The minimum atomic E-state index is -0.266. The van der Waals surface area contributed by atoms with E-state index in [0.29, 0.717) is 18.5 Å². The maximum absolute atomic E-state index is 12.0. The normalized spacial score (nSPS) is 28.2. The van der Waals surface area contributed by atoms with E-state index < -0.39 is 0 Å². The van der Waals surface area contributed by atoms with Crippen LogP contribution < -0.4 is 5.73 Å². The van der Waals surface area contributed by atoms with Gasteiger partial charge in [-0.3, -0.25) is 4.79 Å². The van der Waals surface area contributed by atoms with Gasteiger partial charge in [-0.25, -0.2) is 0 Å². The van der Waals surface area contributed by atoms with E-state index in [0.717, 1.165) is 13.0 Å². The van der Waals surface area contributed by atoms with Gasteiger partial charge in [0.1, 0.15) is 0 Å². The zero-order valence-corrected chi connectivity index (χ0v) is 9.71. The molecule has 3 nitrogen and oxygen atoms in total. The highest BCUT2D eigenvalue weighted by molar-refractivity contribution is 5.82. The molecule has 1 aliphatic rings. The number of amides is 1. The minimum Gasteiger partial charge on any atom is -0.339 e. The van der Waals surface area contributed by atoms with Crippen LogP contribution in [-0.4, -0.2) is 29.9 Å². The molecule has 0 bridgehead atoms. The van der Waals surface area contributed by atoms with Crippen LogP contribution in [0, 0.1) is 11.3 Å². The number of carbonyl (C=O) groups is 1. The Morgan fingerprint density at radius 3 is 2.43 bits per heavy atom. The molecule has 1 amide bonds. The van der Waals surface area contributed by atoms with Crippen molar-refractivity contribution in [2.75, 3.05) is 13.1 Å². The van der Waals surface area contributed by atoms with Crippen LogP contribution in [0.5, 0.6) is 0 Å². The fraction of sp³-hybridized carbons (Fsp3) is 0.909. The SMILES string of the molecule is CC1CC(CN)CN1C(=O)C(C)(C)C. The lowest BCUT2D eigenvalue weighted by molar-refractivity contribution is -0.140. The van der Waals surface area contributed by atoms with Crippen LogP contribution in [-0.2, 0) is 4.79 Å². The molecule has 2 atom stereocenters. The van der Waals surface area contributed by atoms with Crippen LogP contribution in [0.1, 0.15) is 34.1 Å². The Hall–Kier alpha value is -0.570. The van der Waals surface area contributed by atoms with Crippen molar-refractivity contribution < 1.29 is 4.79 Å². The van der Waals surface area contributed by atoms with E-state index in [1.165, 1.54) is 0 Å². The van der Waals surface area contributed by atoms with Gasteiger partial charge >= 0.3 is 0 Å². The van der Waals surface area contributed by atoms with Crippen molar-refractivity contribution in [3.05, 3.63) is 0 Å². The number of nitrogens with zero attached hydrogens (tertiary/aromatic N) is 1. The van der Waals surface area contributed by atoms with E-state index in [4.69, 9.17) is 5.73 Å². The van der Waals surface area contributed by atoms with Crippen molar-refractivity contribution in [1.29, 1.82) is 0 Å². The van der Waals surface area contributed by atoms with Crippen LogP contribution >= 0.6 is 0 Å². The van der Waals surface area contributed by atoms with E-state index in [2.05, 4.69) is 6.92 Å². The number of hydrogen-bond acceptors (Lipinski definition) is 2. The second kappa shape index (κ2) is 3.89. The molecule has 3 heteroatoms. The number of hydrogen-bond donors (Lipinski definition) is 1. The Labute approximate surface area is 86.6 Å². The minimum absolute atomic E-state index is 0.251. The molecular formula is C11H22N2O. The molecule has 14 heavy (non-hydrogen) atoms. The standard InChI is InChI=1S/C11H22N2O/c1-8-5-9(6-12)7-13(8)10(14)11(2,3)4/h8-9H,5-7,12H2,1-4H3. The van der Waals surface area contributed by atoms with E-state index in [-0.39, 0.29) is 11.3 Å². The Morgan fingerprint density at radius 2 is 2.07 bits per heavy atom. The Kier molecular flexibility index (Phi) is 3.20. The van der Waals surface area contributed by atoms with Crippen molar-refractivity contribution >= 4 is 5.91 Å². The number of carbonyl (C=O) groups excluding carboxylic acids is 1.